The normalized spacial score (nSPS) is 27.0. The maximum absolute atomic E-state index is 13.0. The van der Waals surface area contributed by atoms with E-state index in [0.29, 0.717) is 27.1 Å². The Bertz CT molecular complexity index is 1470. The Balaban J connectivity index is 1.89. The summed E-state index contributed by atoms with van der Waals surface area (Å²) in [6.45, 7) is -2.93. The summed E-state index contributed by atoms with van der Waals surface area (Å²) in [5, 5.41) is 42.7. The highest BCUT2D eigenvalue weighted by Crippen LogP contribution is 2.50. The van der Waals surface area contributed by atoms with Gasteiger partial charge in [-0.2, -0.15) is 0 Å². The average Bonchev–Trinajstić information content (AvgIpc) is 3.20. The highest BCUT2D eigenvalue weighted by Gasteiger charge is 2.48. The maximum atomic E-state index is 13.0. The Hall–Kier alpha value is -3.36. The third-order valence-electron chi connectivity index (χ3n) is 6.86. The average molecular weight is 581 g/mol. The van der Waals surface area contributed by atoms with Gasteiger partial charge in [-0.15, -0.1) is 11.8 Å². The summed E-state index contributed by atoms with van der Waals surface area (Å²) >= 11 is 1.21. The number of nitrogens with one attached hydrogen (secondary N) is 1. The fraction of sp³-hybridized carbons (Fsp3) is 0.444. The van der Waals surface area contributed by atoms with Gasteiger partial charge in [-0.3, -0.25) is 9.59 Å². The number of carboxylic acids is 1. The molecular formula is C27H31NO11S. The largest absolute Gasteiger partial charge is 0.492 e. The molecule has 1 saturated heterocycles. The highest BCUT2D eigenvalue weighted by atomic mass is 32.2. The van der Waals surface area contributed by atoms with Crippen molar-refractivity contribution in [3.63, 3.8) is 0 Å². The number of aryl methyl sites for hydroxylation is 1. The summed E-state index contributed by atoms with van der Waals surface area (Å²) < 4.78 is 45.0. The molecule has 0 aromatic heterocycles. The van der Waals surface area contributed by atoms with Crippen LogP contribution in [-0.4, -0.2) is 83.5 Å². The summed E-state index contributed by atoms with van der Waals surface area (Å²) in [4.78, 5) is 37.6. The molecule has 1 aliphatic carbocycles. The van der Waals surface area contributed by atoms with Gasteiger partial charge in [0.05, 0.1) is 25.2 Å². The van der Waals surface area contributed by atoms with Gasteiger partial charge in [0.15, 0.2) is 23.0 Å². The zero-order valence-corrected chi connectivity index (χ0v) is 22.6. The first-order valence-corrected chi connectivity index (χ1v) is 13.4. The predicted octanol–water partition coefficient (Wildman–Crippen LogP) is 0.847. The van der Waals surface area contributed by atoms with Crippen molar-refractivity contribution < 1.29 is 53.1 Å². The first kappa shape index (κ1) is 25.6. The van der Waals surface area contributed by atoms with Crippen LogP contribution in [0.25, 0.3) is 11.1 Å². The number of carbonyl (C=O) groups is 2. The van der Waals surface area contributed by atoms with Gasteiger partial charge in [0.25, 0.3) is 0 Å². The van der Waals surface area contributed by atoms with E-state index in [4.69, 9.17) is 23.1 Å². The summed E-state index contributed by atoms with van der Waals surface area (Å²) in [7, 11) is 2.65. The van der Waals surface area contributed by atoms with Crippen LogP contribution in [0, 0.1) is 0 Å². The number of methoxy groups -OCH3 is 2. The van der Waals surface area contributed by atoms with Crippen LogP contribution in [0.5, 0.6) is 17.2 Å². The Kier molecular flexibility index (Phi) is 7.69. The van der Waals surface area contributed by atoms with Gasteiger partial charge in [0.2, 0.25) is 17.9 Å². The Labute approximate surface area is 238 Å². The molecular weight excluding hydrogens is 546 g/mol. The van der Waals surface area contributed by atoms with Gasteiger partial charge in [0, 0.05) is 16.5 Å². The molecule has 5 unspecified atom stereocenters. The third kappa shape index (κ3) is 5.47. The lowest BCUT2D eigenvalue weighted by molar-refractivity contribution is -0.271. The lowest BCUT2D eigenvalue weighted by Gasteiger charge is -2.38. The Morgan fingerprint density at radius 3 is 2.45 bits per heavy atom. The zero-order valence-electron chi connectivity index (χ0n) is 24.7. The van der Waals surface area contributed by atoms with Crippen LogP contribution in [0.15, 0.2) is 34.0 Å². The van der Waals surface area contributed by atoms with Gasteiger partial charge in [0.1, 0.15) is 18.3 Å². The first-order valence-electron chi connectivity index (χ1n) is 13.6. The summed E-state index contributed by atoms with van der Waals surface area (Å²) in [5.74, 6) is -2.75. The molecule has 2 aliphatic rings. The minimum atomic E-state index is -2.93. The van der Waals surface area contributed by atoms with Gasteiger partial charge in [-0.1, -0.05) is 6.07 Å². The number of thioether (sulfide) groups is 1. The number of aliphatic hydroxyl groups is 3. The minimum absolute atomic E-state index is 0.0144. The lowest BCUT2D eigenvalue weighted by Crippen LogP contribution is -2.61. The van der Waals surface area contributed by atoms with Gasteiger partial charge < -0.3 is 44.7 Å². The van der Waals surface area contributed by atoms with E-state index >= 15 is 0 Å². The number of aliphatic hydroxyl groups excluding tert-OH is 3. The van der Waals surface area contributed by atoms with E-state index in [1.54, 1.807) is 18.4 Å². The molecule has 4 rings (SSSR count). The quantitative estimate of drug-likeness (QED) is 0.292. The number of rotatable bonds is 7. The fourth-order valence-electron chi connectivity index (χ4n) is 4.99. The number of hydrogen-bond acceptors (Lipinski definition) is 11. The van der Waals surface area contributed by atoms with Crippen molar-refractivity contribution in [3.8, 4) is 28.4 Å². The zero-order chi connectivity index (χ0) is 31.8. The van der Waals surface area contributed by atoms with Crippen molar-refractivity contribution in [1.82, 2.24) is 5.32 Å². The number of carbonyl (C=O) groups excluding carboxylic acids is 1. The van der Waals surface area contributed by atoms with Gasteiger partial charge in [-0.05, 0) is 54.0 Å². The van der Waals surface area contributed by atoms with Crippen LogP contribution in [0.3, 0.4) is 0 Å². The van der Waals surface area contributed by atoms with E-state index in [1.807, 2.05) is 0 Å². The second kappa shape index (κ2) is 12.0. The van der Waals surface area contributed by atoms with Crippen LogP contribution >= 0.6 is 11.8 Å². The van der Waals surface area contributed by atoms with Crippen LogP contribution in [-0.2, 0) is 20.7 Å². The number of benzene rings is 1. The number of amides is 1. The fourth-order valence-corrected chi connectivity index (χ4v) is 5.45. The van der Waals surface area contributed by atoms with Crippen molar-refractivity contribution in [1.29, 1.82) is 0 Å². The lowest BCUT2D eigenvalue weighted by atomic mass is 9.95. The van der Waals surface area contributed by atoms with E-state index in [9.17, 15) is 34.8 Å². The molecule has 0 spiro atoms. The Morgan fingerprint density at radius 1 is 1.10 bits per heavy atom. The molecule has 12 nitrogen and oxygen atoms in total. The smallest absolute Gasteiger partial charge is 0.335 e. The summed E-state index contributed by atoms with van der Waals surface area (Å²) in [5.41, 5.74) is 1.46. The van der Waals surface area contributed by atoms with E-state index in [0.717, 1.165) is 0 Å². The van der Waals surface area contributed by atoms with Crippen LogP contribution in [0.4, 0.5) is 0 Å². The molecule has 40 heavy (non-hydrogen) atoms. The van der Waals surface area contributed by atoms with Crippen molar-refractivity contribution >= 4 is 23.6 Å². The molecule has 216 valence electrons. The number of fused-ring (bicyclic) bond motifs is 3. The molecule has 13 heteroatoms. The second-order valence-corrected chi connectivity index (χ2v) is 10.0. The van der Waals surface area contributed by atoms with Crippen LogP contribution < -0.4 is 25.0 Å². The molecule has 5 N–H and O–H groups in total. The van der Waals surface area contributed by atoms with Gasteiger partial charge >= 0.3 is 5.97 Å². The van der Waals surface area contributed by atoms with E-state index < -0.39 is 55.5 Å². The SMILES string of the molecule is [2H]C([2H])([2H])C(=O)N[C@@H]1CCc2cc(OC3OC(C(=O)O)C(O)C(O)C3O)c(OC)c(OC)c2-c2ccc(SC)c(=O)cc21. The van der Waals surface area contributed by atoms with Crippen LogP contribution in [0.2, 0.25) is 0 Å². The van der Waals surface area contributed by atoms with Crippen molar-refractivity contribution in [2.45, 2.75) is 61.3 Å². The highest BCUT2D eigenvalue weighted by molar-refractivity contribution is 7.98. The van der Waals surface area contributed by atoms with Crippen molar-refractivity contribution in [2.24, 2.45) is 0 Å². The van der Waals surface area contributed by atoms with Gasteiger partial charge in [-0.25, -0.2) is 4.79 Å². The number of carboxylic acid groups (broad SMARTS) is 1. The van der Waals surface area contributed by atoms with E-state index in [2.05, 4.69) is 5.32 Å². The number of ether oxygens (including phenoxy) is 4. The monoisotopic (exact) mass is 580 g/mol. The predicted molar refractivity (Wildman–Crippen MR) is 143 cm³/mol. The van der Waals surface area contributed by atoms with E-state index in [1.165, 1.54) is 38.1 Å². The summed E-state index contributed by atoms with van der Waals surface area (Å²) in [6.07, 6.45) is -7.24. The molecule has 2 aromatic carbocycles. The first-order chi connectivity index (χ1) is 20.2. The van der Waals surface area contributed by atoms with Crippen molar-refractivity contribution in [2.75, 3.05) is 20.5 Å². The molecule has 1 aliphatic heterocycles. The maximum Gasteiger partial charge on any atom is 0.335 e. The Morgan fingerprint density at radius 2 is 1.82 bits per heavy atom. The molecule has 1 heterocycles. The molecule has 6 atom stereocenters. The number of aliphatic carboxylic acids is 1. The summed E-state index contributed by atoms with van der Waals surface area (Å²) in [6, 6.07) is 5.24. The molecule has 0 radical (unpaired) electrons. The minimum Gasteiger partial charge on any atom is -0.492 e. The molecule has 2 aromatic rings. The molecule has 1 fully saturated rings. The molecule has 1 amide bonds. The van der Waals surface area contributed by atoms with Crippen LogP contribution in [0.1, 0.15) is 34.6 Å². The number of hydrogen-bond donors (Lipinski definition) is 5. The van der Waals surface area contributed by atoms with E-state index in [-0.39, 0.29) is 35.5 Å². The molecule has 0 bridgehead atoms. The molecule has 0 saturated carbocycles. The third-order valence-corrected chi connectivity index (χ3v) is 7.64. The standard InChI is InChI=1S/C27H31NO11S/c1-11(29)28-15-7-5-12-9-17(38-27-22(33)20(31)21(32)25(39-27)26(34)35)23(36-2)24(37-3)19(12)13-6-8-18(40-4)16(30)10-14(13)15/h6,8-10,15,20-22,25,27,31-33H,5,7H2,1-4H3,(H,28,29)(H,34,35)/t15-,20?,21?,22?,25?,27?/m1/s1/i1D3. The second-order valence-electron chi connectivity index (χ2n) is 9.17. The van der Waals surface area contributed by atoms with Crippen molar-refractivity contribution in [3.05, 3.63) is 45.6 Å². The topological polar surface area (TPSA) is 181 Å².